The van der Waals surface area contributed by atoms with Gasteiger partial charge >= 0.3 is 5.82 Å². The zero-order valence-electron chi connectivity index (χ0n) is 14.8. The molecule has 1 aromatic carbocycles. The van der Waals surface area contributed by atoms with Gasteiger partial charge in [-0.3, -0.25) is 9.48 Å². The van der Waals surface area contributed by atoms with Crippen LogP contribution in [0.3, 0.4) is 0 Å². The van der Waals surface area contributed by atoms with E-state index >= 15 is 0 Å². The molecule has 0 atom stereocenters. The monoisotopic (exact) mass is 406 g/mol. The molecule has 0 saturated carbocycles. The van der Waals surface area contributed by atoms with E-state index in [2.05, 4.69) is 15.5 Å². The Morgan fingerprint density at radius 2 is 2.11 bits per heavy atom. The number of benzene rings is 1. The number of carbonyl (C=O) groups excluding carboxylic acids is 1. The minimum Gasteiger partial charge on any atom is -0.358 e. The highest BCUT2D eigenvalue weighted by Gasteiger charge is 2.13. The highest BCUT2D eigenvalue weighted by Crippen LogP contribution is 2.20. The van der Waals surface area contributed by atoms with Gasteiger partial charge in [0.05, 0.1) is 30.5 Å². The summed E-state index contributed by atoms with van der Waals surface area (Å²) < 4.78 is 16.1. The molecule has 3 rings (SSSR count). The van der Waals surface area contributed by atoms with Crippen LogP contribution in [-0.4, -0.2) is 30.4 Å². The first-order valence-electron chi connectivity index (χ1n) is 8.28. The second-order valence-electron chi connectivity index (χ2n) is 6.06. The van der Waals surface area contributed by atoms with Gasteiger partial charge in [0.1, 0.15) is 5.82 Å². The van der Waals surface area contributed by atoms with Crippen LogP contribution in [0, 0.1) is 22.9 Å². The molecule has 0 bridgehead atoms. The lowest BCUT2D eigenvalue weighted by Gasteiger charge is -2.06. The van der Waals surface area contributed by atoms with Crippen molar-refractivity contribution >= 4 is 29.1 Å². The number of carbonyl (C=O) groups is 1. The summed E-state index contributed by atoms with van der Waals surface area (Å²) in [5, 5.41) is 21.6. The van der Waals surface area contributed by atoms with Crippen LogP contribution in [0.15, 0.2) is 36.5 Å². The van der Waals surface area contributed by atoms with Gasteiger partial charge in [0, 0.05) is 23.2 Å². The highest BCUT2D eigenvalue weighted by molar-refractivity contribution is 6.31. The van der Waals surface area contributed by atoms with Gasteiger partial charge in [-0.15, -0.1) is 0 Å². The van der Waals surface area contributed by atoms with E-state index in [9.17, 15) is 19.3 Å². The first-order chi connectivity index (χ1) is 13.3. The molecule has 0 radical (unpaired) electrons. The molecule has 11 heteroatoms. The number of aryl methyl sites for hydroxylation is 2. The molecule has 0 saturated heterocycles. The average Bonchev–Trinajstić information content (AvgIpc) is 3.23. The summed E-state index contributed by atoms with van der Waals surface area (Å²) in [5.41, 5.74) is 1.49. The number of hydrogen-bond donors (Lipinski definition) is 1. The predicted molar refractivity (Wildman–Crippen MR) is 99.6 cm³/mol. The molecule has 146 valence electrons. The van der Waals surface area contributed by atoms with Crippen molar-refractivity contribution in [3.8, 4) is 0 Å². The van der Waals surface area contributed by atoms with Crippen LogP contribution in [0.1, 0.15) is 17.7 Å². The molecule has 0 aliphatic heterocycles. The van der Waals surface area contributed by atoms with Crippen LogP contribution < -0.4 is 5.32 Å². The quantitative estimate of drug-likeness (QED) is 0.479. The van der Waals surface area contributed by atoms with E-state index in [0.29, 0.717) is 22.9 Å². The van der Waals surface area contributed by atoms with E-state index < -0.39 is 10.7 Å². The molecule has 9 nitrogen and oxygen atoms in total. The zero-order valence-corrected chi connectivity index (χ0v) is 15.6. The number of nitro groups is 1. The van der Waals surface area contributed by atoms with Crippen LogP contribution in [0.4, 0.5) is 16.0 Å². The van der Waals surface area contributed by atoms with Crippen molar-refractivity contribution in [2.45, 2.75) is 26.4 Å². The Morgan fingerprint density at radius 1 is 1.32 bits per heavy atom. The van der Waals surface area contributed by atoms with E-state index in [1.165, 1.54) is 29.1 Å². The fourth-order valence-electron chi connectivity index (χ4n) is 2.54. The van der Waals surface area contributed by atoms with Gasteiger partial charge in [0.15, 0.2) is 5.82 Å². The Labute approximate surface area is 163 Å². The lowest BCUT2D eigenvalue weighted by atomic mass is 10.2. The number of amides is 1. The molecule has 0 aliphatic carbocycles. The van der Waals surface area contributed by atoms with E-state index in [-0.39, 0.29) is 24.7 Å². The van der Waals surface area contributed by atoms with Crippen molar-refractivity contribution in [2.24, 2.45) is 0 Å². The molecular formula is C17H16ClFN6O3. The fourth-order valence-corrected chi connectivity index (χ4v) is 2.76. The zero-order chi connectivity index (χ0) is 20.3. The van der Waals surface area contributed by atoms with Gasteiger partial charge in [-0.1, -0.05) is 17.7 Å². The Hall–Kier alpha value is -3.27. The molecule has 28 heavy (non-hydrogen) atoms. The maximum Gasteiger partial charge on any atom is 0.389 e. The SMILES string of the molecule is Cc1cc(NC(=O)CCn2ccc([N+](=O)[O-])n2)nn1Cc1ccc(F)cc1Cl. The number of aromatic nitrogens is 4. The van der Waals surface area contributed by atoms with Crippen LogP contribution in [-0.2, 0) is 17.9 Å². The summed E-state index contributed by atoms with van der Waals surface area (Å²) in [4.78, 5) is 22.1. The molecule has 0 aliphatic rings. The Morgan fingerprint density at radius 3 is 2.79 bits per heavy atom. The van der Waals surface area contributed by atoms with Crippen LogP contribution in [0.5, 0.6) is 0 Å². The Bertz CT molecular complexity index is 1030. The third-order valence-electron chi connectivity index (χ3n) is 3.97. The van der Waals surface area contributed by atoms with E-state index in [1.54, 1.807) is 16.8 Å². The first-order valence-corrected chi connectivity index (χ1v) is 8.65. The smallest absolute Gasteiger partial charge is 0.358 e. The minimum absolute atomic E-state index is 0.0779. The van der Waals surface area contributed by atoms with Gasteiger partial charge < -0.3 is 15.4 Å². The van der Waals surface area contributed by atoms with E-state index in [4.69, 9.17) is 11.6 Å². The number of nitrogens with one attached hydrogen (secondary N) is 1. The lowest BCUT2D eigenvalue weighted by molar-refractivity contribution is -0.389. The normalized spacial score (nSPS) is 10.8. The van der Waals surface area contributed by atoms with Crippen molar-refractivity contribution in [3.05, 3.63) is 68.7 Å². The fraction of sp³-hybridized carbons (Fsp3) is 0.235. The third kappa shape index (κ3) is 4.71. The molecule has 1 amide bonds. The summed E-state index contributed by atoms with van der Waals surface area (Å²) in [6.45, 7) is 2.35. The van der Waals surface area contributed by atoms with Crippen LogP contribution in [0.2, 0.25) is 5.02 Å². The highest BCUT2D eigenvalue weighted by atomic mass is 35.5. The molecule has 0 spiro atoms. The topological polar surface area (TPSA) is 108 Å². The van der Waals surface area contributed by atoms with E-state index in [0.717, 1.165) is 5.69 Å². The van der Waals surface area contributed by atoms with Gasteiger partial charge in [-0.05, 0) is 29.5 Å². The molecule has 2 heterocycles. The van der Waals surface area contributed by atoms with E-state index in [1.807, 2.05) is 6.92 Å². The van der Waals surface area contributed by atoms with Crippen molar-refractivity contribution in [2.75, 3.05) is 5.32 Å². The summed E-state index contributed by atoms with van der Waals surface area (Å²) in [5.74, 6) is -0.620. The average molecular weight is 407 g/mol. The number of nitrogens with zero attached hydrogens (tertiary/aromatic N) is 5. The van der Waals surface area contributed by atoms with Crippen molar-refractivity contribution in [1.82, 2.24) is 19.6 Å². The molecule has 1 N–H and O–H groups in total. The van der Waals surface area contributed by atoms with Gasteiger partial charge in [0.2, 0.25) is 5.91 Å². The van der Waals surface area contributed by atoms with Gasteiger partial charge in [-0.2, -0.15) is 9.78 Å². The molecule has 2 aromatic heterocycles. The number of rotatable bonds is 7. The minimum atomic E-state index is -0.598. The van der Waals surface area contributed by atoms with Gasteiger partial charge in [0.25, 0.3) is 0 Å². The molecule has 0 unspecified atom stereocenters. The Balaban J connectivity index is 1.59. The maximum absolute atomic E-state index is 13.2. The Kier molecular flexibility index (Phi) is 5.69. The van der Waals surface area contributed by atoms with Crippen molar-refractivity contribution in [3.63, 3.8) is 0 Å². The first kappa shape index (κ1) is 19.5. The standard InChI is InChI=1S/C17H16ClFN6O3/c1-11-8-15(21-24(11)10-12-2-3-13(19)9-14(12)18)20-17(26)5-7-23-6-4-16(22-23)25(27)28/h2-4,6,8-9H,5,7,10H2,1H3,(H,20,21,26). The molecule has 0 fully saturated rings. The second-order valence-corrected chi connectivity index (χ2v) is 6.46. The third-order valence-corrected chi connectivity index (χ3v) is 4.32. The summed E-state index contributed by atoms with van der Waals surface area (Å²) in [6.07, 6.45) is 1.52. The second kappa shape index (κ2) is 8.17. The van der Waals surface area contributed by atoms with Crippen molar-refractivity contribution < 1.29 is 14.1 Å². The molecule has 3 aromatic rings. The lowest BCUT2D eigenvalue weighted by Crippen LogP contribution is -2.15. The number of halogens is 2. The number of anilines is 1. The van der Waals surface area contributed by atoms with Crippen molar-refractivity contribution in [1.29, 1.82) is 0 Å². The maximum atomic E-state index is 13.2. The summed E-state index contributed by atoms with van der Waals surface area (Å²) >= 11 is 6.04. The molecular weight excluding hydrogens is 391 g/mol. The predicted octanol–water partition coefficient (Wildman–Crippen LogP) is 3.17. The van der Waals surface area contributed by atoms with Crippen LogP contribution in [0.25, 0.3) is 0 Å². The van der Waals surface area contributed by atoms with Gasteiger partial charge in [-0.25, -0.2) is 4.39 Å². The summed E-state index contributed by atoms with van der Waals surface area (Å²) in [6, 6.07) is 7.11. The largest absolute Gasteiger partial charge is 0.389 e. The summed E-state index contributed by atoms with van der Waals surface area (Å²) in [7, 11) is 0. The number of hydrogen-bond acceptors (Lipinski definition) is 5. The van der Waals surface area contributed by atoms with Crippen LogP contribution >= 0.6 is 11.6 Å².